The highest BCUT2D eigenvalue weighted by molar-refractivity contribution is 5.87. The molecule has 2 aromatic rings. The van der Waals surface area contributed by atoms with Crippen molar-refractivity contribution in [2.24, 2.45) is 0 Å². The maximum atomic E-state index is 12.2. The molecule has 1 aliphatic heterocycles. The van der Waals surface area contributed by atoms with E-state index in [2.05, 4.69) is 26.8 Å². The first-order chi connectivity index (χ1) is 12.1. The smallest absolute Gasteiger partial charge is 0.246 e. The molecule has 0 unspecified atom stereocenters. The third kappa shape index (κ3) is 4.02. The van der Waals surface area contributed by atoms with Crippen LogP contribution in [0.4, 0.5) is 11.6 Å². The summed E-state index contributed by atoms with van der Waals surface area (Å²) in [6.45, 7) is 8.21. The number of pyridine rings is 1. The number of likely N-dealkylation sites (tertiary alicyclic amines) is 1. The summed E-state index contributed by atoms with van der Waals surface area (Å²) in [5.41, 5.74) is 1.79. The maximum Gasteiger partial charge on any atom is 0.246 e. The zero-order valence-corrected chi connectivity index (χ0v) is 14.7. The Morgan fingerprint density at radius 2 is 2.04 bits per heavy atom. The fraction of sp³-hybridized carbons (Fsp3) is 0.368. The molecule has 1 aliphatic rings. The summed E-state index contributed by atoms with van der Waals surface area (Å²) in [5.74, 6) is 2.04. The lowest BCUT2D eigenvalue weighted by Gasteiger charge is -2.34. The van der Waals surface area contributed by atoms with Gasteiger partial charge in [0.05, 0.1) is 6.04 Å². The number of nitrogens with one attached hydrogen (secondary N) is 1. The molecule has 1 atom stereocenters. The Morgan fingerprint density at radius 3 is 2.80 bits per heavy atom. The van der Waals surface area contributed by atoms with Crippen LogP contribution in [-0.2, 0) is 4.79 Å². The lowest BCUT2D eigenvalue weighted by atomic mass is 10.0. The van der Waals surface area contributed by atoms with E-state index in [0.717, 1.165) is 43.0 Å². The Kier molecular flexibility index (Phi) is 5.07. The number of piperidine rings is 1. The molecule has 6 nitrogen and oxygen atoms in total. The van der Waals surface area contributed by atoms with Crippen LogP contribution >= 0.6 is 0 Å². The molecule has 1 amide bonds. The molecule has 1 N–H and O–H groups in total. The molecule has 0 aromatic carbocycles. The van der Waals surface area contributed by atoms with Crippen LogP contribution in [0.3, 0.4) is 0 Å². The largest absolute Gasteiger partial charge is 0.329 e. The van der Waals surface area contributed by atoms with Crippen molar-refractivity contribution < 1.29 is 4.79 Å². The highest BCUT2D eigenvalue weighted by Crippen LogP contribution is 2.30. The van der Waals surface area contributed by atoms with Crippen LogP contribution in [0.1, 0.15) is 42.5 Å². The van der Waals surface area contributed by atoms with Gasteiger partial charge in [-0.15, -0.1) is 0 Å². The zero-order chi connectivity index (χ0) is 17.8. The molecule has 0 bridgehead atoms. The number of carbonyl (C=O) groups is 1. The van der Waals surface area contributed by atoms with Gasteiger partial charge in [-0.2, -0.15) is 0 Å². The van der Waals surface area contributed by atoms with Gasteiger partial charge in [0.1, 0.15) is 11.6 Å². The summed E-state index contributed by atoms with van der Waals surface area (Å²) in [6, 6.07) is 7.58. The molecule has 6 heteroatoms. The van der Waals surface area contributed by atoms with Crippen molar-refractivity contribution in [3.05, 3.63) is 54.1 Å². The fourth-order valence-electron chi connectivity index (χ4n) is 3.13. The SMILES string of the molecule is C=CC(=O)N1CCCC[C@@H]1c1nc(C)cc(Nc2cccc(C)n2)n1. The van der Waals surface area contributed by atoms with Gasteiger partial charge in [-0.1, -0.05) is 12.6 Å². The Morgan fingerprint density at radius 1 is 1.20 bits per heavy atom. The first-order valence-electron chi connectivity index (χ1n) is 8.56. The Balaban J connectivity index is 1.90. The standard InChI is InChI=1S/C19H23N5O/c1-4-18(25)24-11-6-5-9-15(24)19-21-14(3)12-17(23-19)22-16-10-7-8-13(2)20-16/h4,7-8,10,12,15H,1,5-6,9,11H2,2-3H3,(H,20,21,22,23)/t15-/m1/s1. The van der Waals surface area contributed by atoms with Crippen LogP contribution < -0.4 is 5.32 Å². The van der Waals surface area contributed by atoms with Crippen molar-refractivity contribution in [1.82, 2.24) is 19.9 Å². The molecule has 0 radical (unpaired) electrons. The molecule has 0 spiro atoms. The van der Waals surface area contributed by atoms with Crippen LogP contribution in [0.25, 0.3) is 0 Å². The number of amides is 1. The second-order valence-corrected chi connectivity index (χ2v) is 6.29. The number of hydrogen-bond acceptors (Lipinski definition) is 5. The van der Waals surface area contributed by atoms with Crippen molar-refractivity contribution >= 4 is 17.5 Å². The Hall–Kier alpha value is -2.76. The minimum atomic E-state index is -0.106. The van der Waals surface area contributed by atoms with Crippen molar-refractivity contribution in [1.29, 1.82) is 0 Å². The quantitative estimate of drug-likeness (QED) is 0.865. The zero-order valence-electron chi connectivity index (χ0n) is 14.7. The van der Waals surface area contributed by atoms with Gasteiger partial charge in [0.2, 0.25) is 5.91 Å². The molecule has 2 aromatic heterocycles. The summed E-state index contributed by atoms with van der Waals surface area (Å²) in [7, 11) is 0. The Labute approximate surface area is 148 Å². The van der Waals surface area contributed by atoms with E-state index in [-0.39, 0.29) is 11.9 Å². The topological polar surface area (TPSA) is 71.0 Å². The van der Waals surface area contributed by atoms with E-state index in [1.807, 2.05) is 43.0 Å². The molecule has 0 saturated carbocycles. The third-order valence-corrected chi connectivity index (χ3v) is 4.27. The number of aromatic nitrogens is 3. The molecule has 3 rings (SSSR count). The molecule has 0 aliphatic carbocycles. The lowest BCUT2D eigenvalue weighted by Crippen LogP contribution is -2.38. The maximum absolute atomic E-state index is 12.2. The number of carbonyl (C=O) groups excluding carboxylic acids is 1. The summed E-state index contributed by atoms with van der Waals surface area (Å²) in [5, 5.41) is 3.24. The highest BCUT2D eigenvalue weighted by Gasteiger charge is 2.29. The molecule has 25 heavy (non-hydrogen) atoms. The first kappa shape index (κ1) is 17.1. The summed E-state index contributed by atoms with van der Waals surface area (Å²) in [6.07, 6.45) is 4.29. The summed E-state index contributed by atoms with van der Waals surface area (Å²) < 4.78 is 0. The molecule has 1 fully saturated rings. The number of nitrogens with zero attached hydrogens (tertiary/aromatic N) is 4. The number of rotatable bonds is 4. The fourth-order valence-corrected chi connectivity index (χ4v) is 3.13. The van der Waals surface area contributed by atoms with Gasteiger partial charge in [-0.05, 0) is 51.3 Å². The Bertz CT molecular complexity index is 789. The van der Waals surface area contributed by atoms with Crippen molar-refractivity contribution in [2.75, 3.05) is 11.9 Å². The van der Waals surface area contributed by atoms with Crippen LogP contribution in [0.5, 0.6) is 0 Å². The van der Waals surface area contributed by atoms with E-state index in [0.29, 0.717) is 11.6 Å². The molecule has 1 saturated heterocycles. The van der Waals surface area contributed by atoms with Crippen molar-refractivity contribution in [3.8, 4) is 0 Å². The first-order valence-corrected chi connectivity index (χ1v) is 8.56. The normalized spacial score (nSPS) is 17.2. The van der Waals surface area contributed by atoms with Gasteiger partial charge in [0, 0.05) is 24.0 Å². The number of anilines is 2. The number of aryl methyl sites for hydroxylation is 2. The van der Waals surface area contributed by atoms with Crippen LogP contribution in [0.2, 0.25) is 0 Å². The highest BCUT2D eigenvalue weighted by atomic mass is 16.2. The van der Waals surface area contributed by atoms with Gasteiger partial charge in [-0.25, -0.2) is 15.0 Å². The van der Waals surface area contributed by atoms with E-state index >= 15 is 0 Å². The van der Waals surface area contributed by atoms with Crippen molar-refractivity contribution in [3.63, 3.8) is 0 Å². The van der Waals surface area contributed by atoms with E-state index in [9.17, 15) is 4.79 Å². The predicted molar refractivity (Wildman–Crippen MR) is 97.5 cm³/mol. The monoisotopic (exact) mass is 337 g/mol. The summed E-state index contributed by atoms with van der Waals surface area (Å²) in [4.78, 5) is 27.7. The second-order valence-electron chi connectivity index (χ2n) is 6.29. The van der Waals surface area contributed by atoms with Gasteiger partial charge >= 0.3 is 0 Å². The van der Waals surface area contributed by atoms with Gasteiger partial charge < -0.3 is 10.2 Å². The van der Waals surface area contributed by atoms with E-state index < -0.39 is 0 Å². The van der Waals surface area contributed by atoms with E-state index in [1.165, 1.54) is 6.08 Å². The third-order valence-electron chi connectivity index (χ3n) is 4.27. The molecule has 130 valence electrons. The predicted octanol–water partition coefficient (Wildman–Crippen LogP) is 3.47. The van der Waals surface area contributed by atoms with Gasteiger partial charge in [0.25, 0.3) is 0 Å². The van der Waals surface area contributed by atoms with Crippen LogP contribution in [0.15, 0.2) is 36.9 Å². The van der Waals surface area contributed by atoms with Gasteiger partial charge in [-0.3, -0.25) is 4.79 Å². The average Bonchev–Trinajstić information content (AvgIpc) is 2.60. The van der Waals surface area contributed by atoms with Crippen molar-refractivity contribution in [2.45, 2.75) is 39.2 Å². The number of hydrogen-bond donors (Lipinski definition) is 1. The summed E-state index contributed by atoms with van der Waals surface area (Å²) >= 11 is 0. The van der Waals surface area contributed by atoms with Crippen LogP contribution in [0, 0.1) is 13.8 Å². The second kappa shape index (κ2) is 7.42. The van der Waals surface area contributed by atoms with Crippen LogP contribution in [-0.4, -0.2) is 32.3 Å². The van der Waals surface area contributed by atoms with E-state index in [1.54, 1.807) is 0 Å². The minimum absolute atomic E-state index is 0.0651. The van der Waals surface area contributed by atoms with Gasteiger partial charge in [0.15, 0.2) is 5.82 Å². The molecular weight excluding hydrogens is 314 g/mol. The molecular formula is C19H23N5O. The average molecular weight is 337 g/mol. The minimum Gasteiger partial charge on any atom is -0.329 e. The molecule has 3 heterocycles. The van der Waals surface area contributed by atoms with E-state index in [4.69, 9.17) is 0 Å². The lowest BCUT2D eigenvalue weighted by molar-refractivity contribution is -0.129.